The molecule has 2 aliphatic rings. The fourth-order valence-electron chi connectivity index (χ4n) is 5.48. The second-order valence-corrected chi connectivity index (χ2v) is 14.8. The maximum atomic E-state index is 12.4. The van der Waals surface area contributed by atoms with Crippen LogP contribution in [0.4, 0.5) is 9.59 Å². The van der Waals surface area contributed by atoms with Crippen LogP contribution >= 0.6 is 11.6 Å². The number of aliphatic hydroxyl groups excluding tert-OH is 1. The number of oxazole rings is 2. The van der Waals surface area contributed by atoms with Crippen LogP contribution in [-0.4, -0.2) is 112 Å². The number of carboxylic acids is 1. The van der Waals surface area contributed by atoms with Crippen molar-refractivity contribution in [2.24, 2.45) is 0 Å². The van der Waals surface area contributed by atoms with Crippen LogP contribution in [0.5, 0.6) is 5.88 Å². The molecule has 53 heavy (non-hydrogen) atoms. The summed E-state index contributed by atoms with van der Waals surface area (Å²) in [6, 6.07) is 1.92. The van der Waals surface area contributed by atoms with Crippen molar-refractivity contribution in [2.75, 3.05) is 13.1 Å². The highest BCUT2D eigenvalue weighted by molar-refractivity contribution is 6.33. The molecule has 0 aromatic carbocycles. The van der Waals surface area contributed by atoms with E-state index in [1.54, 1.807) is 79.9 Å². The van der Waals surface area contributed by atoms with Gasteiger partial charge in [-0.15, -0.1) is 0 Å². The van der Waals surface area contributed by atoms with Crippen LogP contribution in [-0.2, 0) is 19.1 Å². The van der Waals surface area contributed by atoms with Crippen LogP contribution in [0.15, 0.2) is 33.4 Å². The Morgan fingerprint density at radius 2 is 1.32 bits per heavy atom. The number of nitrogens with zero attached hydrogens (tertiary/aromatic N) is 6. The topological polar surface area (TPSA) is 221 Å². The number of hydrogen-bond acceptors (Lipinski definition) is 14. The number of Topliss-reactive ketones (excluding diaryl/α,β-unsaturated/α-hetero) is 1. The van der Waals surface area contributed by atoms with Crippen molar-refractivity contribution in [2.45, 2.75) is 111 Å². The quantitative estimate of drug-likeness (QED) is 0.245. The normalized spacial score (nSPS) is 20.0. The highest BCUT2D eigenvalue weighted by Crippen LogP contribution is 2.29. The molecule has 2 N–H and O–H groups in total. The van der Waals surface area contributed by atoms with Gasteiger partial charge in [-0.25, -0.2) is 34.3 Å². The van der Waals surface area contributed by atoms with E-state index in [2.05, 4.69) is 19.9 Å². The number of aromatic nitrogens is 4. The Morgan fingerprint density at radius 1 is 0.811 bits per heavy atom. The summed E-state index contributed by atoms with van der Waals surface area (Å²) in [5.41, 5.74) is 1.11. The molecule has 0 aliphatic carbocycles. The number of ketones is 1. The number of fused-ring (bicyclic) bond motifs is 2. The molecule has 18 heteroatoms. The van der Waals surface area contributed by atoms with E-state index in [1.165, 1.54) is 11.8 Å². The third-order valence-electron chi connectivity index (χ3n) is 7.58. The van der Waals surface area contributed by atoms with Crippen LogP contribution in [0.3, 0.4) is 0 Å². The highest BCUT2D eigenvalue weighted by atomic mass is 35.5. The molecule has 0 radical (unpaired) electrons. The first-order valence-corrected chi connectivity index (χ1v) is 17.2. The van der Waals surface area contributed by atoms with Gasteiger partial charge in [0.2, 0.25) is 5.58 Å². The molecule has 4 aromatic heterocycles. The number of hydrogen-bond donors (Lipinski definition) is 2. The predicted molar refractivity (Wildman–Crippen MR) is 190 cm³/mol. The van der Waals surface area contributed by atoms with E-state index >= 15 is 0 Å². The minimum Gasteiger partial charge on any atom is -0.480 e. The van der Waals surface area contributed by atoms with Crippen molar-refractivity contribution in [3.8, 4) is 5.88 Å². The molecule has 4 aromatic rings. The van der Waals surface area contributed by atoms with Gasteiger partial charge in [-0.3, -0.25) is 14.6 Å². The molecule has 17 nitrogen and oxygen atoms in total. The van der Waals surface area contributed by atoms with E-state index in [9.17, 15) is 24.3 Å². The van der Waals surface area contributed by atoms with E-state index in [4.69, 9.17) is 39.8 Å². The van der Waals surface area contributed by atoms with Gasteiger partial charge in [-0.05, 0) is 60.6 Å². The van der Waals surface area contributed by atoms with Gasteiger partial charge in [0.15, 0.2) is 28.3 Å². The number of carbonyl (C=O) groups excluding carboxylic acids is 3. The van der Waals surface area contributed by atoms with E-state index in [0.29, 0.717) is 45.9 Å². The Hall–Kier alpha value is -5.03. The predicted octanol–water partition coefficient (Wildman–Crippen LogP) is 5.50. The Bertz CT molecular complexity index is 1950. The average Bonchev–Trinajstić information content (AvgIpc) is 3.81. The first-order chi connectivity index (χ1) is 24.6. The Balaban J connectivity index is 0.000000197. The summed E-state index contributed by atoms with van der Waals surface area (Å²) in [4.78, 5) is 65.8. The maximum absolute atomic E-state index is 12.4. The number of β-amino-alcohol motifs (C(OH)–C–C–N with tert-alkyl or cyclic N) is 1. The molecule has 288 valence electrons. The molecule has 2 saturated heterocycles. The first kappa shape index (κ1) is 40.7. The van der Waals surface area contributed by atoms with Crippen molar-refractivity contribution in [1.82, 2.24) is 29.7 Å². The van der Waals surface area contributed by atoms with Crippen molar-refractivity contribution >= 4 is 57.7 Å². The lowest BCUT2D eigenvalue weighted by Crippen LogP contribution is -2.43. The van der Waals surface area contributed by atoms with Gasteiger partial charge < -0.3 is 33.3 Å². The third kappa shape index (κ3) is 11.0. The summed E-state index contributed by atoms with van der Waals surface area (Å²) < 4.78 is 27.2. The van der Waals surface area contributed by atoms with Crippen molar-refractivity contribution in [3.63, 3.8) is 0 Å². The fourth-order valence-corrected chi connectivity index (χ4v) is 5.67. The zero-order chi connectivity index (χ0) is 39.4. The number of pyridine rings is 2. The molecule has 2 aliphatic heterocycles. The molecule has 4 atom stereocenters. The van der Waals surface area contributed by atoms with Gasteiger partial charge in [0.1, 0.15) is 34.4 Å². The number of aryl methyl sites for hydroxylation is 2. The second-order valence-electron chi connectivity index (χ2n) is 14.5. The van der Waals surface area contributed by atoms with Crippen LogP contribution < -0.4 is 4.74 Å². The van der Waals surface area contributed by atoms with Gasteiger partial charge in [0.05, 0.1) is 25.2 Å². The Morgan fingerprint density at radius 3 is 1.83 bits per heavy atom. The number of likely N-dealkylation sites (tertiary alicyclic amines) is 2. The lowest BCUT2D eigenvalue weighted by molar-refractivity contribution is -0.142. The number of carbonyl (C=O) groups is 4. The first-order valence-electron chi connectivity index (χ1n) is 16.8. The SMILES string of the molecule is CC(=O)[C@@H]1C[C@@H](Oc2nccc3nc(C)oc23)CN1C(=O)OC(C)(C)C.CC(C)(C)OC(=O)N1C[C@H](O)C[C@H]1C(=O)O.Cc1nc2ccnc(Cl)c2o1. The minimum atomic E-state index is -1.12. The number of amides is 2. The molecule has 0 spiro atoms. The smallest absolute Gasteiger partial charge is 0.411 e. The molecule has 6 rings (SSSR count). The van der Waals surface area contributed by atoms with Gasteiger partial charge in [0.25, 0.3) is 5.88 Å². The Kier molecular flexibility index (Phi) is 12.5. The molecular formula is C35H45ClN6O11. The Labute approximate surface area is 310 Å². The summed E-state index contributed by atoms with van der Waals surface area (Å²) >= 11 is 5.73. The largest absolute Gasteiger partial charge is 0.480 e. The van der Waals surface area contributed by atoms with Crippen LogP contribution in [0.25, 0.3) is 22.2 Å². The maximum Gasteiger partial charge on any atom is 0.411 e. The summed E-state index contributed by atoms with van der Waals surface area (Å²) in [5.74, 6) is 0.198. The third-order valence-corrected chi connectivity index (χ3v) is 7.85. The summed E-state index contributed by atoms with van der Waals surface area (Å²) in [6.07, 6.45) is 1.21. The second kappa shape index (κ2) is 16.3. The monoisotopic (exact) mass is 760 g/mol. The van der Waals surface area contributed by atoms with Gasteiger partial charge >= 0.3 is 18.2 Å². The zero-order valence-corrected chi connectivity index (χ0v) is 31.8. The van der Waals surface area contributed by atoms with E-state index < -0.39 is 47.5 Å². The number of aliphatic carboxylic acids is 1. The van der Waals surface area contributed by atoms with Crippen LogP contribution in [0.1, 0.15) is 73.1 Å². The van der Waals surface area contributed by atoms with Crippen molar-refractivity contribution < 1.29 is 52.4 Å². The number of halogens is 1. The summed E-state index contributed by atoms with van der Waals surface area (Å²) in [7, 11) is 0. The van der Waals surface area contributed by atoms with E-state index in [-0.39, 0.29) is 31.4 Å². The van der Waals surface area contributed by atoms with E-state index in [1.807, 2.05) is 0 Å². The minimum absolute atomic E-state index is 0.00583. The molecule has 2 fully saturated rings. The lowest BCUT2D eigenvalue weighted by atomic mass is 10.1. The van der Waals surface area contributed by atoms with Gasteiger partial charge in [-0.2, -0.15) is 0 Å². The number of carboxylic acid groups (broad SMARTS) is 1. The summed E-state index contributed by atoms with van der Waals surface area (Å²) in [6.45, 7) is 15.7. The van der Waals surface area contributed by atoms with E-state index in [0.717, 1.165) is 10.4 Å². The number of aliphatic hydroxyl groups is 1. The van der Waals surface area contributed by atoms with Crippen molar-refractivity contribution in [1.29, 1.82) is 0 Å². The van der Waals surface area contributed by atoms with Gasteiger partial charge in [0, 0.05) is 39.1 Å². The molecular weight excluding hydrogens is 716 g/mol. The molecule has 2 amide bonds. The average molecular weight is 761 g/mol. The van der Waals surface area contributed by atoms with Crippen molar-refractivity contribution in [3.05, 3.63) is 41.5 Å². The zero-order valence-electron chi connectivity index (χ0n) is 31.1. The van der Waals surface area contributed by atoms with Gasteiger partial charge in [-0.1, -0.05) is 11.6 Å². The van der Waals surface area contributed by atoms with Crippen LogP contribution in [0, 0.1) is 13.8 Å². The molecule has 0 saturated carbocycles. The molecule has 0 bridgehead atoms. The van der Waals surface area contributed by atoms with Crippen LogP contribution in [0.2, 0.25) is 5.15 Å². The number of ether oxygens (including phenoxy) is 3. The summed E-state index contributed by atoms with van der Waals surface area (Å²) in [5, 5.41) is 18.6. The number of rotatable bonds is 4. The molecule has 0 unspecified atom stereocenters. The standard InChI is InChI=1S/C18H23N3O5.C10H17NO5.C7H5ClN2O/c1-10(22)14-8-12(9-21(14)17(23)26-18(3,4)5)25-16-15-13(6-7-19-16)20-11(2)24-15;1-10(2,3)16-9(15)11-5-6(12)4-7(11)8(13)14;1-4-10-5-2-3-9-7(8)6(5)11-4/h6-7,12,14H,8-9H2,1-5H3;6-7,12H,4-5H2,1-3H3,(H,13,14);2-3H,1H3/t12-,14+;6-,7+;/m11./s1. The highest BCUT2D eigenvalue weighted by Gasteiger charge is 2.42. The fraction of sp³-hybridized carbons (Fsp3) is 0.543. The molecule has 6 heterocycles. The lowest BCUT2D eigenvalue weighted by Gasteiger charge is -2.27.